The average Bonchev–Trinajstić information content (AvgIpc) is 3.37. The number of nitrogens with zero attached hydrogens (tertiary/aromatic N) is 2. The number of carbonyl (C=O) groups is 1. The summed E-state index contributed by atoms with van der Waals surface area (Å²) < 4.78 is 2.88. The predicted molar refractivity (Wildman–Crippen MR) is 93.8 cm³/mol. The van der Waals surface area contributed by atoms with Gasteiger partial charge < -0.3 is 11.1 Å². The molecule has 0 spiro atoms. The van der Waals surface area contributed by atoms with Crippen molar-refractivity contribution in [3.63, 3.8) is 0 Å². The fourth-order valence-corrected chi connectivity index (χ4v) is 3.00. The van der Waals surface area contributed by atoms with Crippen molar-refractivity contribution >= 4 is 21.8 Å². The molecule has 5 nitrogen and oxygen atoms in total. The molecule has 1 aliphatic rings. The summed E-state index contributed by atoms with van der Waals surface area (Å²) in [5.41, 5.74) is 9.31. The van der Waals surface area contributed by atoms with Gasteiger partial charge in [0.1, 0.15) is 0 Å². The molecule has 3 rings (SSSR count). The monoisotopic (exact) mass is 376 g/mol. The van der Waals surface area contributed by atoms with Crippen molar-refractivity contribution in [3.05, 3.63) is 45.7 Å². The Morgan fingerprint density at radius 3 is 2.52 bits per heavy atom. The first-order chi connectivity index (χ1) is 11.0. The number of nitrogens with two attached hydrogens (primary N) is 1. The molecule has 2 aromatic rings. The van der Waals surface area contributed by atoms with Gasteiger partial charge in [-0.25, -0.2) is 4.68 Å². The Hall–Kier alpha value is -1.66. The molecule has 0 saturated heterocycles. The van der Waals surface area contributed by atoms with E-state index in [0.717, 1.165) is 34.4 Å². The number of hydrogen-bond donors (Lipinski definition) is 2. The molecule has 6 heteroatoms. The van der Waals surface area contributed by atoms with Crippen molar-refractivity contribution < 1.29 is 4.79 Å². The van der Waals surface area contributed by atoms with Crippen molar-refractivity contribution in [1.82, 2.24) is 15.1 Å². The Kier molecular flexibility index (Phi) is 4.55. The van der Waals surface area contributed by atoms with E-state index in [9.17, 15) is 4.79 Å². The quantitative estimate of drug-likeness (QED) is 0.842. The maximum atomic E-state index is 12.3. The molecule has 1 heterocycles. The normalized spacial score (nSPS) is 15.5. The lowest BCUT2D eigenvalue weighted by atomic mass is 10.1. The third-order valence-corrected chi connectivity index (χ3v) is 5.49. The third-order valence-electron chi connectivity index (χ3n) is 4.34. The van der Waals surface area contributed by atoms with E-state index < -0.39 is 0 Å². The summed E-state index contributed by atoms with van der Waals surface area (Å²) in [7, 11) is 0. The van der Waals surface area contributed by atoms with E-state index in [1.165, 1.54) is 0 Å². The molecule has 0 bridgehead atoms. The summed E-state index contributed by atoms with van der Waals surface area (Å²) in [5.74, 6) is 0.490. The van der Waals surface area contributed by atoms with Gasteiger partial charge in [0.15, 0.2) is 0 Å². The molecule has 23 heavy (non-hydrogen) atoms. The van der Waals surface area contributed by atoms with Gasteiger partial charge in [0.2, 0.25) is 0 Å². The third kappa shape index (κ3) is 3.33. The molecule has 0 radical (unpaired) electrons. The van der Waals surface area contributed by atoms with Crippen LogP contribution < -0.4 is 11.1 Å². The Labute approximate surface area is 144 Å². The Morgan fingerprint density at radius 2 is 2.04 bits per heavy atom. The standard InChI is InChI=1S/C17H21BrN4O/c1-10-16(18)11(2)22(21-10)14-7-5-13(6-8-14)17(23)20-15(9-19)12-3-4-12/h5-8,12,15H,3-4,9,19H2,1-2H3,(H,20,23). The van der Waals surface area contributed by atoms with Gasteiger partial charge in [-0.15, -0.1) is 0 Å². The molecule has 1 aromatic carbocycles. The topological polar surface area (TPSA) is 72.9 Å². The van der Waals surface area contributed by atoms with Crippen LogP contribution in [0.3, 0.4) is 0 Å². The maximum Gasteiger partial charge on any atom is 0.251 e. The van der Waals surface area contributed by atoms with Crippen molar-refractivity contribution in [1.29, 1.82) is 0 Å². The number of rotatable bonds is 5. The van der Waals surface area contributed by atoms with Gasteiger partial charge in [-0.1, -0.05) is 0 Å². The maximum absolute atomic E-state index is 12.3. The van der Waals surface area contributed by atoms with Gasteiger partial charge in [-0.3, -0.25) is 4.79 Å². The first-order valence-electron chi connectivity index (χ1n) is 7.84. The van der Waals surface area contributed by atoms with Crippen LogP contribution >= 0.6 is 15.9 Å². The SMILES string of the molecule is Cc1nn(-c2ccc(C(=O)NC(CN)C3CC3)cc2)c(C)c1Br. The first-order valence-corrected chi connectivity index (χ1v) is 8.63. The van der Waals surface area contributed by atoms with E-state index >= 15 is 0 Å². The lowest BCUT2D eigenvalue weighted by Gasteiger charge is -2.16. The van der Waals surface area contributed by atoms with Crippen molar-refractivity contribution in [2.45, 2.75) is 32.7 Å². The number of carbonyl (C=O) groups excluding carboxylic acids is 1. The molecule has 1 amide bonds. The number of benzene rings is 1. The minimum absolute atomic E-state index is 0.0616. The summed E-state index contributed by atoms with van der Waals surface area (Å²) in [5, 5.41) is 7.54. The lowest BCUT2D eigenvalue weighted by molar-refractivity contribution is 0.0933. The Bertz CT molecular complexity index is 719. The zero-order chi connectivity index (χ0) is 16.6. The number of hydrogen-bond acceptors (Lipinski definition) is 3. The molecule has 1 saturated carbocycles. The summed E-state index contributed by atoms with van der Waals surface area (Å²) >= 11 is 3.53. The minimum Gasteiger partial charge on any atom is -0.348 e. The number of amides is 1. The molecule has 1 aliphatic carbocycles. The van der Waals surface area contributed by atoms with Crippen LogP contribution in [0.5, 0.6) is 0 Å². The summed E-state index contributed by atoms with van der Waals surface area (Å²) in [4.78, 5) is 12.3. The van der Waals surface area contributed by atoms with Crippen molar-refractivity contribution in [2.24, 2.45) is 11.7 Å². The molecule has 3 N–H and O–H groups in total. The van der Waals surface area contributed by atoms with Crippen LogP contribution in [0.4, 0.5) is 0 Å². The summed E-state index contributed by atoms with van der Waals surface area (Å²) in [6.45, 7) is 4.46. The predicted octanol–water partition coefficient (Wildman–Crippen LogP) is 2.72. The zero-order valence-corrected chi connectivity index (χ0v) is 14.9. The Balaban J connectivity index is 1.76. The molecule has 1 fully saturated rings. The number of halogens is 1. The smallest absolute Gasteiger partial charge is 0.251 e. The van der Waals surface area contributed by atoms with Crippen LogP contribution in [0.25, 0.3) is 5.69 Å². The van der Waals surface area contributed by atoms with Crippen LogP contribution in [0.15, 0.2) is 28.7 Å². The Morgan fingerprint density at radius 1 is 1.39 bits per heavy atom. The van der Waals surface area contributed by atoms with Gasteiger partial charge >= 0.3 is 0 Å². The van der Waals surface area contributed by atoms with E-state index in [4.69, 9.17) is 5.73 Å². The van der Waals surface area contributed by atoms with E-state index in [1.807, 2.05) is 42.8 Å². The van der Waals surface area contributed by atoms with Crippen LogP contribution in [0.1, 0.15) is 34.6 Å². The number of aryl methyl sites for hydroxylation is 1. The van der Waals surface area contributed by atoms with E-state index in [0.29, 0.717) is 18.0 Å². The molecule has 0 aliphatic heterocycles. The summed E-state index contributed by atoms with van der Waals surface area (Å²) in [6, 6.07) is 7.57. The largest absolute Gasteiger partial charge is 0.348 e. The second kappa shape index (κ2) is 6.45. The lowest BCUT2D eigenvalue weighted by Crippen LogP contribution is -2.41. The molecule has 1 aromatic heterocycles. The highest BCUT2D eigenvalue weighted by Crippen LogP contribution is 2.32. The van der Waals surface area contributed by atoms with Gasteiger partial charge in [-0.05, 0) is 72.8 Å². The van der Waals surface area contributed by atoms with Gasteiger partial charge in [0, 0.05) is 18.2 Å². The van der Waals surface area contributed by atoms with Gasteiger partial charge in [0.05, 0.1) is 21.5 Å². The van der Waals surface area contributed by atoms with Gasteiger partial charge in [0.25, 0.3) is 5.91 Å². The molecular formula is C17H21BrN4O. The molecule has 122 valence electrons. The molecular weight excluding hydrogens is 356 g/mol. The fraction of sp³-hybridized carbons (Fsp3) is 0.412. The molecule has 1 atom stereocenters. The van der Waals surface area contributed by atoms with E-state index in [-0.39, 0.29) is 11.9 Å². The molecule has 1 unspecified atom stereocenters. The number of nitrogens with one attached hydrogen (secondary N) is 1. The second-order valence-electron chi connectivity index (χ2n) is 6.10. The fourth-order valence-electron chi connectivity index (χ4n) is 2.75. The van der Waals surface area contributed by atoms with Crippen LogP contribution in [0, 0.1) is 19.8 Å². The highest BCUT2D eigenvalue weighted by Gasteiger charge is 2.31. The average molecular weight is 377 g/mol. The van der Waals surface area contributed by atoms with Crippen molar-refractivity contribution in [2.75, 3.05) is 6.54 Å². The minimum atomic E-state index is -0.0616. The van der Waals surface area contributed by atoms with Crippen LogP contribution in [-0.2, 0) is 0 Å². The van der Waals surface area contributed by atoms with Gasteiger partial charge in [-0.2, -0.15) is 5.10 Å². The van der Waals surface area contributed by atoms with Crippen LogP contribution in [0.2, 0.25) is 0 Å². The second-order valence-corrected chi connectivity index (χ2v) is 6.89. The highest BCUT2D eigenvalue weighted by molar-refractivity contribution is 9.10. The van der Waals surface area contributed by atoms with Crippen molar-refractivity contribution in [3.8, 4) is 5.69 Å². The first kappa shape index (κ1) is 16.2. The number of aromatic nitrogens is 2. The van der Waals surface area contributed by atoms with Crippen LogP contribution in [-0.4, -0.2) is 28.3 Å². The summed E-state index contributed by atoms with van der Waals surface area (Å²) in [6.07, 6.45) is 2.32. The van der Waals surface area contributed by atoms with E-state index in [1.54, 1.807) is 0 Å². The van der Waals surface area contributed by atoms with E-state index in [2.05, 4.69) is 26.3 Å². The zero-order valence-electron chi connectivity index (χ0n) is 13.3. The highest BCUT2D eigenvalue weighted by atomic mass is 79.9.